The van der Waals surface area contributed by atoms with Crippen molar-refractivity contribution in [3.63, 3.8) is 0 Å². The average Bonchev–Trinajstić information content (AvgIpc) is 2.35. The van der Waals surface area contributed by atoms with E-state index in [4.69, 9.17) is 0 Å². The Hall–Kier alpha value is -1.58. The van der Waals surface area contributed by atoms with Crippen molar-refractivity contribution < 1.29 is 14.3 Å². The van der Waals surface area contributed by atoms with E-state index < -0.39 is 11.9 Å². The van der Waals surface area contributed by atoms with Crippen LogP contribution in [0.5, 0.6) is 0 Å². The van der Waals surface area contributed by atoms with Gasteiger partial charge in [-0.2, -0.15) is 0 Å². The van der Waals surface area contributed by atoms with Crippen LogP contribution in [0.2, 0.25) is 0 Å². The zero-order valence-corrected chi connectivity index (χ0v) is 10.0. The van der Waals surface area contributed by atoms with Gasteiger partial charge >= 0.3 is 5.97 Å². The number of hydrogen-bond acceptors (Lipinski definition) is 2. The molecule has 96 valence electrons. The highest BCUT2D eigenvalue weighted by atomic mass is 19.1. The molecular formula is C14H16FNO2. The highest BCUT2D eigenvalue weighted by Gasteiger charge is 2.41. The molecule has 3 atom stereocenters. The molecule has 1 heterocycles. The van der Waals surface area contributed by atoms with Gasteiger partial charge in [-0.05, 0) is 36.5 Å². The van der Waals surface area contributed by atoms with Crippen LogP contribution >= 0.6 is 0 Å². The maximum Gasteiger partial charge on any atom is 0.311 e. The Morgan fingerprint density at radius 3 is 2.89 bits per heavy atom. The second kappa shape index (κ2) is 4.26. The predicted molar refractivity (Wildman–Crippen MR) is 66.1 cm³/mol. The second-order valence-corrected chi connectivity index (χ2v) is 5.25. The van der Waals surface area contributed by atoms with Crippen LogP contribution in [0.1, 0.15) is 37.2 Å². The van der Waals surface area contributed by atoms with Crippen LogP contribution in [0.25, 0.3) is 0 Å². The summed E-state index contributed by atoms with van der Waals surface area (Å²) in [5.74, 6) is -1.47. The first-order valence-corrected chi connectivity index (χ1v) is 6.45. The number of rotatable bonds is 1. The topological polar surface area (TPSA) is 49.3 Å². The number of carboxylic acids is 1. The number of nitrogens with one attached hydrogen (secondary N) is 1. The van der Waals surface area contributed by atoms with E-state index in [0.29, 0.717) is 5.69 Å². The van der Waals surface area contributed by atoms with Gasteiger partial charge in [-0.1, -0.05) is 18.9 Å². The SMILES string of the molecule is O=C(O)C1c2ccc(F)cc2NC2CCCCC21. The molecule has 2 aliphatic rings. The Morgan fingerprint density at radius 1 is 1.33 bits per heavy atom. The van der Waals surface area contributed by atoms with Crippen LogP contribution in [-0.4, -0.2) is 17.1 Å². The van der Waals surface area contributed by atoms with Crippen LogP contribution in [-0.2, 0) is 4.79 Å². The average molecular weight is 249 g/mol. The monoisotopic (exact) mass is 249 g/mol. The molecule has 0 radical (unpaired) electrons. The normalized spacial score (nSPS) is 29.9. The molecule has 1 aliphatic carbocycles. The largest absolute Gasteiger partial charge is 0.481 e. The van der Waals surface area contributed by atoms with Crippen molar-refractivity contribution in [2.75, 3.05) is 5.32 Å². The zero-order valence-electron chi connectivity index (χ0n) is 10.0. The zero-order chi connectivity index (χ0) is 12.7. The quantitative estimate of drug-likeness (QED) is 0.804. The van der Waals surface area contributed by atoms with E-state index in [9.17, 15) is 14.3 Å². The molecule has 18 heavy (non-hydrogen) atoms. The molecule has 3 unspecified atom stereocenters. The Labute approximate surface area is 105 Å². The molecule has 0 saturated heterocycles. The lowest BCUT2D eigenvalue weighted by atomic mass is 9.71. The smallest absolute Gasteiger partial charge is 0.311 e. The van der Waals surface area contributed by atoms with Crippen molar-refractivity contribution in [2.24, 2.45) is 5.92 Å². The number of carboxylic acid groups (broad SMARTS) is 1. The van der Waals surface area contributed by atoms with Crippen molar-refractivity contribution in [1.29, 1.82) is 0 Å². The van der Waals surface area contributed by atoms with E-state index in [0.717, 1.165) is 31.2 Å². The number of hydrogen-bond donors (Lipinski definition) is 2. The molecule has 0 spiro atoms. The Balaban J connectivity index is 2.06. The first-order valence-electron chi connectivity index (χ1n) is 6.45. The third-order valence-corrected chi connectivity index (χ3v) is 4.20. The van der Waals surface area contributed by atoms with Gasteiger partial charge in [0.25, 0.3) is 0 Å². The Morgan fingerprint density at radius 2 is 2.11 bits per heavy atom. The lowest BCUT2D eigenvalue weighted by molar-refractivity contribution is -0.140. The van der Waals surface area contributed by atoms with Gasteiger partial charge in [-0.25, -0.2) is 4.39 Å². The molecule has 0 aromatic heterocycles. The fourth-order valence-corrected chi connectivity index (χ4v) is 3.41. The van der Waals surface area contributed by atoms with Gasteiger partial charge < -0.3 is 10.4 Å². The molecular weight excluding hydrogens is 233 g/mol. The molecule has 1 aromatic rings. The van der Waals surface area contributed by atoms with Gasteiger partial charge in [0.15, 0.2) is 0 Å². The maximum atomic E-state index is 13.3. The van der Waals surface area contributed by atoms with Crippen LogP contribution in [0.3, 0.4) is 0 Å². The van der Waals surface area contributed by atoms with E-state index in [1.54, 1.807) is 6.07 Å². The molecule has 2 N–H and O–H groups in total. The van der Waals surface area contributed by atoms with Crippen molar-refractivity contribution in [3.8, 4) is 0 Å². The number of fused-ring (bicyclic) bond motifs is 2. The summed E-state index contributed by atoms with van der Waals surface area (Å²) < 4.78 is 13.3. The molecule has 1 aliphatic heterocycles. The van der Waals surface area contributed by atoms with E-state index >= 15 is 0 Å². The third-order valence-electron chi connectivity index (χ3n) is 4.20. The summed E-state index contributed by atoms with van der Waals surface area (Å²) in [5, 5.41) is 12.8. The minimum absolute atomic E-state index is 0.134. The van der Waals surface area contributed by atoms with Crippen molar-refractivity contribution in [1.82, 2.24) is 0 Å². The second-order valence-electron chi connectivity index (χ2n) is 5.25. The highest BCUT2D eigenvalue weighted by molar-refractivity contribution is 5.81. The molecule has 0 amide bonds. The Bertz CT molecular complexity index is 489. The van der Waals surface area contributed by atoms with Gasteiger partial charge in [-0.15, -0.1) is 0 Å². The standard InChI is InChI=1S/C14H16FNO2/c15-8-5-6-10-12(7-8)16-11-4-2-1-3-9(11)13(10)14(17)18/h5-7,9,11,13,16H,1-4H2,(H,17,18). The van der Waals surface area contributed by atoms with Crippen molar-refractivity contribution in [2.45, 2.75) is 37.6 Å². The molecule has 3 nitrogen and oxygen atoms in total. The number of benzene rings is 1. The Kier molecular flexibility index (Phi) is 2.73. The molecule has 1 saturated carbocycles. The lowest BCUT2D eigenvalue weighted by Crippen LogP contribution is -2.42. The summed E-state index contributed by atoms with van der Waals surface area (Å²) in [5.41, 5.74) is 1.39. The lowest BCUT2D eigenvalue weighted by Gasteiger charge is -2.41. The summed E-state index contributed by atoms with van der Waals surface area (Å²) in [4.78, 5) is 11.5. The number of carbonyl (C=O) groups is 1. The molecule has 3 rings (SSSR count). The summed E-state index contributed by atoms with van der Waals surface area (Å²) in [7, 11) is 0. The predicted octanol–water partition coefficient (Wildman–Crippen LogP) is 2.98. The number of halogens is 1. The van der Waals surface area contributed by atoms with Gasteiger partial charge in [0, 0.05) is 11.7 Å². The number of aliphatic carboxylic acids is 1. The fraction of sp³-hybridized carbons (Fsp3) is 0.500. The van der Waals surface area contributed by atoms with E-state index in [2.05, 4.69) is 5.32 Å². The van der Waals surface area contributed by atoms with E-state index in [-0.39, 0.29) is 17.8 Å². The van der Waals surface area contributed by atoms with Gasteiger partial charge in [0.2, 0.25) is 0 Å². The third kappa shape index (κ3) is 1.76. The van der Waals surface area contributed by atoms with Gasteiger partial charge in [-0.3, -0.25) is 4.79 Å². The van der Waals surface area contributed by atoms with E-state index in [1.807, 2.05) is 0 Å². The highest BCUT2D eigenvalue weighted by Crippen LogP contribution is 2.44. The minimum atomic E-state index is -0.791. The molecule has 1 fully saturated rings. The number of anilines is 1. The van der Waals surface area contributed by atoms with Gasteiger partial charge in [0.05, 0.1) is 5.92 Å². The fourth-order valence-electron chi connectivity index (χ4n) is 3.41. The van der Waals surface area contributed by atoms with Crippen molar-refractivity contribution in [3.05, 3.63) is 29.6 Å². The summed E-state index contributed by atoms with van der Waals surface area (Å²) in [6, 6.07) is 4.55. The van der Waals surface area contributed by atoms with E-state index in [1.165, 1.54) is 12.1 Å². The summed E-state index contributed by atoms with van der Waals surface area (Å²) in [6.07, 6.45) is 4.12. The first-order chi connectivity index (χ1) is 8.66. The molecule has 0 bridgehead atoms. The van der Waals surface area contributed by atoms with Crippen LogP contribution in [0, 0.1) is 11.7 Å². The van der Waals surface area contributed by atoms with Crippen LogP contribution < -0.4 is 5.32 Å². The minimum Gasteiger partial charge on any atom is -0.481 e. The van der Waals surface area contributed by atoms with Crippen molar-refractivity contribution >= 4 is 11.7 Å². The molecule has 4 heteroatoms. The first kappa shape index (κ1) is 11.5. The summed E-state index contributed by atoms with van der Waals surface area (Å²) >= 11 is 0. The maximum absolute atomic E-state index is 13.3. The molecule has 1 aromatic carbocycles. The van der Waals surface area contributed by atoms with Crippen LogP contribution in [0.4, 0.5) is 10.1 Å². The van der Waals surface area contributed by atoms with Crippen LogP contribution in [0.15, 0.2) is 18.2 Å². The van der Waals surface area contributed by atoms with Gasteiger partial charge in [0.1, 0.15) is 5.82 Å². The summed E-state index contributed by atoms with van der Waals surface area (Å²) in [6.45, 7) is 0.